The molecule has 1 aromatic carbocycles. The van der Waals surface area contributed by atoms with Crippen LogP contribution in [0.3, 0.4) is 0 Å². The van der Waals surface area contributed by atoms with Gasteiger partial charge < -0.3 is 0 Å². The van der Waals surface area contributed by atoms with Crippen LogP contribution in [0.4, 0.5) is 0 Å². The average molecular weight is 295 g/mol. The number of nitrogens with zero attached hydrogens (tertiary/aromatic N) is 2. The lowest BCUT2D eigenvalue weighted by Gasteiger charge is -2.10. The standard InChI is InChI=1S/C13H15BrN2O/c1-8-5-9(2)7-11(6-8)16-13(17)12(14)10(3)15(16)4/h5-7H,1-4H3. The number of benzene rings is 1. The number of rotatable bonds is 1. The van der Waals surface area contributed by atoms with E-state index >= 15 is 0 Å². The van der Waals surface area contributed by atoms with Crippen molar-refractivity contribution in [3.63, 3.8) is 0 Å². The first-order chi connectivity index (χ1) is 7.91. The highest BCUT2D eigenvalue weighted by Crippen LogP contribution is 2.16. The summed E-state index contributed by atoms with van der Waals surface area (Å²) in [7, 11) is 1.89. The fourth-order valence-electron chi connectivity index (χ4n) is 2.04. The molecular formula is C13H15BrN2O. The van der Waals surface area contributed by atoms with E-state index in [9.17, 15) is 4.79 Å². The van der Waals surface area contributed by atoms with Gasteiger partial charge in [0.1, 0.15) is 4.47 Å². The highest BCUT2D eigenvalue weighted by molar-refractivity contribution is 9.10. The summed E-state index contributed by atoms with van der Waals surface area (Å²) in [5.74, 6) is 0. The van der Waals surface area contributed by atoms with Crippen molar-refractivity contribution < 1.29 is 0 Å². The Balaban J connectivity index is 2.77. The predicted octanol–water partition coefficient (Wildman–Crippen LogP) is 2.86. The number of aryl methyl sites for hydroxylation is 2. The van der Waals surface area contributed by atoms with Crippen LogP contribution in [0.5, 0.6) is 0 Å². The van der Waals surface area contributed by atoms with E-state index in [4.69, 9.17) is 0 Å². The molecule has 2 aromatic rings. The Hall–Kier alpha value is -1.29. The minimum absolute atomic E-state index is 0.0185. The molecule has 0 amide bonds. The van der Waals surface area contributed by atoms with Crippen molar-refractivity contribution in [3.8, 4) is 5.69 Å². The largest absolute Gasteiger partial charge is 0.285 e. The molecule has 0 radical (unpaired) electrons. The maximum atomic E-state index is 12.1. The lowest BCUT2D eigenvalue weighted by Crippen LogP contribution is -2.20. The lowest BCUT2D eigenvalue weighted by molar-refractivity contribution is 0.629. The molecule has 2 rings (SSSR count). The van der Waals surface area contributed by atoms with E-state index in [1.807, 2.05) is 44.6 Å². The third-order valence-corrected chi connectivity index (χ3v) is 3.85. The van der Waals surface area contributed by atoms with Gasteiger partial charge in [0, 0.05) is 7.05 Å². The van der Waals surface area contributed by atoms with E-state index in [1.54, 1.807) is 4.68 Å². The van der Waals surface area contributed by atoms with Gasteiger partial charge in [-0.15, -0.1) is 0 Å². The van der Waals surface area contributed by atoms with Gasteiger partial charge in [0.25, 0.3) is 5.56 Å². The number of aromatic nitrogens is 2. The van der Waals surface area contributed by atoms with Gasteiger partial charge in [-0.2, -0.15) is 0 Å². The summed E-state index contributed by atoms with van der Waals surface area (Å²) in [5.41, 5.74) is 4.12. The quantitative estimate of drug-likeness (QED) is 0.794. The van der Waals surface area contributed by atoms with Gasteiger partial charge in [-0.1, -0.05) is 6.07 Å². The zero-order valence-electron chi connectivity index (χ0n) is 10.4. The van der Waals surface area contributed by atoms with Crippen molar-refractivity contribution in [1.29, 1.82) is 0 Å². The van der Waals surface area contributed by atoms with Gasteiger partial charge in [0.05, 0.1) is 11.4 Å². The Morgan fingerprint density at radius 3 is 2.00 bits per heavy atom. The molecule has 17 heavy (non-hydrogen) atoms. The van der Waals surface area contributed by atoms with Crippen LogP contribution in [0.1, 0.15) is 16.8 Å². The summed E-state index contributed by atoms with van der Waals surface area (Å²) in [6, 6.07) is 6.12. The molecule has 0 atom stereocenters. The molecule has 0 saturated carbocycles. The van der Waals surface area contributed by atoms with Gasteiger partial charge in [-0.3, -0.25) is 9.48 Å². The molecule has 3 nitrogen and oxygen atoms in total. The van der Waals surface area contributed by atoms with Gasteiger partial charge in [0.15, 0.2) is 0 Å². The molecule has 1 aromatic heterocycles. The maximum absolute atomic E-state index is 12.1. The van der Waals surface area contributed by atoms with Crippen LogP contribution >= 0.6 is 15.9 Å². The third kappa shape index (κ3) is 1.97. The van der Waals surface area contributed by atoms with Crippen LogP contribution in [0, 0.1) is 20.8 Å². The molecule has 0 unspecified atom stereocenters. The van der Waals surface area contributed by atoms with Gasteiger partial charge >= 0.3 is 0 Å². The highest BCUT2D eigenvalue weighted by atomic mass is 79.9. The minimum atomic E-state index is -0.0185. The van der Waals surface area contributed by atoms with Crippen LogP contribution < -0.4 is 5.56 Å². The Bertz CT molecular complexity index is 617. The van der Waals surface area contributed by atoms with E-state index in [2.05, 4.69) is 22.0 Å². The molecule has 90 valence electrons. The van der Waals surface area contributed by atoms with Crippen LogP contribution in [0.25, 0.3) is 5.69 Å². The summed E-state index contributed by atoms with van der Waals surface area (Å²) < 4.78 is 4.17. The van der Waals surface area contributed by atoms with Crippen LogP contribution in [-0.2, 0) is 7.05 Å². The monoisotopic (exact) mass is 294 g/mol. The predicted molar refractivity (Wildman–Crippen MR) is 72.9 cm³/mol. The van der Waals surface area contributed by atoms with Crippen molar-refractivity contribution in [1.82, 2.24) is 9.36 Å². The van der Waals surface area contributed by atoms with E-state index in [-0.39, 0.29) is 5.56 Å². The fraction of sp³-hybridized carbons (Fsp3) is 0.308. The SMILES string of the molecule is Cc1cc(C)cc(-n2c(=O)c(Br)c(C)n2C)c1. The number of hydrogen-bond donors (Lipinski definition) is 0. The minimum Gasteiger partial charge on any atom is -0.284 e. The number of hydrogen-bond acceptors (Lipinski definition) is 1. The van der Waals surface area contributed by atoms with Crippen LogP contribution in [0.15, 0.2) is 27.5 Å². The zero-order chi connectivity index (χ0) is 12.7. The molecule has 0 aliphatic carbocycles. The van der Waals surface area contributed by atoms with E-state index in [1.165, 1.54) is 0 Å². The second-order valence-electron chi connectivity index (χ2n) is 4.39. The van der Waals surface area contributed by atoms with Crippen molar-refractivity contribution >= 4 is 15.9 Å². The van der Waals surface area contributed by atoms with E-state index < -0.39 is 0 Å². The van der Waals surface area contributed by atoms with Crippen molar-refractivity contribution in [2.75, 3.05) is 0 Å². The Labute approximate surface area is 109 Å². The molecule has 0 saturated heterocycles. The number of halogens is 1. The summed E-state index contributed by atoms with van der Waals surface area (Å²) in [5, 5.41) is 0. The van der Waals surface area contributed by atoms with Crippen molar-refractivity contribution in [2.24, 2.45) is 7.05 Å². The first-order valence-electron chi connectivity index (χ1n) is 5.44. The lowest BCUT2D eigenvalue weighted by atomic mass is 10.1. The van der Waals surface area contributed by atoms with Gasteiger partial charge in [-0.25, -0.2) is 4.68 Å². The van der Waals surface area contributed by atoms with Crippen LogP contribution in [0.2, 0.25) is 0 Å². The third-order valence-electron chi connectivity index (χ3n) is 2.93. The molecule has 0 bridgehead atoms. The van der Waals surface area contributed by atoms with Gasteiger partial charge in [0.2, 0.25) is 0 Å². The summed E-state index contributed by atoms with van der Waals surface area (Å²) in [6.45, 7) is 5.99. The van der Waals surface area contributed by atoms with Crippen molar-refractivity contribution in [3.05, 3.63) is 49.8 Å². The molecular weight excluding hydrogens is 280 g/mol. The molecule has 0 aliphatic heterocycles. The van der Waals surface area contributed by atoms with Crippen LogP contribution in [-0.4, -0.2) is 9.36 Å². The van der Waals surface area contributed by atoms with E-state index in [0.717, 1.165) is 22.5 Å². The van der Waals surface area contributed by atoms with E-state index in [0.29, 0.717) is 4.47 Å². The second-order valence-corrected chi connectivity index (χ2v) is 5.18. The molecule has 0 aliphatic rings. The first kappa shape index (κ1) is 12.2. The topological polar surface area (TPSA) is 26.9 Å². The zero-order valence-corrected chi connectivity index (χ0v) is 12.0. The Morgan fingerprint density at radius 1 is 1.06 bits per heavy atom. The highest BCUT2D eigenvalue weighted by Gasteiger charge is 2.13. The molecule has 1 heterocycles. The summed E-state index contributed by atoms with van der Waals surface area (Å²) in [6.07, 6.45) is 0. The molecule has 0 fully saturated rings. The normalized spacial score (nSPS) is 10.9. The Morgan fingerprint density at radius 2 is 1.59 bits per heavy atom. The van der Waals surface area contributed by atoms with Crippen molar-refractivity contribution in [2.45, 2.75) is 20.8 Å². The summed E-state index contributed by atoms with van der Waals surface area (Å²) >= 11 is 3.33. The second kappa shape index (κ2) is 4.18. The molecule has 4 heteroatoms. The Kier molecular flexibility index (Phi) is 3.00. The smallest absolute Gasteiger partial charge is 0.284 e. The maximum Gasteiger partial charge on any atom is 0.285 e. The fourth-order valence-corrected chi connectivity index (χ4v) is 2.46. The first-order valence-corrected chi connectivity index (χ1v) is 6.24. The molecule has 0 N–H and O–H groups in total. The average Bonchev–Trinajstić information content (AvgIpc) is 2.42. The summed E-state index contributed by atoms with van der Waals surface area (Å²) in [4.78, 5) is 12.1. The molecule has 0 spiro atoms. The van der Waals surface area contributed by atoms with Gasteiger partial charge in [-0.05, 0) is 60.0 Å².